The number of fused-ring (bicyclic) bond motifs is 1. The summed E-state index contributed by atoms with van der Waals surface area (Å²) in [5, 5.41) is 3.29. The molecule has 1 aliphatic heterocycles. The van der Waals surface area contributed by atoms with Gasteiger partial charge in [0.15, 0.2) is 11.7 Å². The molecule has 3 rings (SSSR count). The van der Waals surface area contributed by atoms with Crippen molar-refractivity contribution >= 4 is 28.3 Å². The van der Waals surface area contributed by atoms with Crippen molar-refractivity contribution in [2.45, 2.75) is 19.9 Å². The van der Waals surface area contributed by atoms with Gasteiger partial charge in [-0.2, -0.15) is 0 Å². The van der Waals surface area contributed by atoms with Gasteiger partial charge in [-0.25, -0.2) is 4.98 Å². The predicted octanol–water partition coefficient (Wildman–Crippen LogP) is 2.07. The molecule has 1 N–H and O–H groups in total. The number of hydrogen-bond acceptors (Lipinski definition) is 5. The first-order chi connectivity index (χ1) is 11.1. The predicted molar refractivity (Wildman–Crippen MR) is 87.5 cm³/mol. The number of carbonyl (C=O) groups is 2. The lowest BCUT2D eigenvalue weighted by Crippen LogP contribution is -2.38. The monoisotopic (exact) mass is 331 g/mol. The van der Waals surface area contributed by atoms with Gasteiger partial charge in [0.25, 0.3) is 5.91 Å². The Morgan fingerprint density at radius 3 is 2.87 bits per heavy atom. The highest BCUT2D eigenvalue weighted by Gasteiger charge is 2.24. The van der Waals surface area contributed by atoms with Crippen LogP contribution in [0, 0.1) is 0 Å². The van der Waals surface area contributed by atoms with Crippen molar-refractivity contribution in [2.75, 3.05) is 18.5 Å². The van der Waals surface area contributed by atoms with Gasteiger partial charge in [-0.05, 0) is 12.1 Å². The van der Waals surface area contributed by atoms with Crippen molar-refractivity contribution in [3.8, 4) is 5.75 Å². The van der Waals surface area contributed by atoms with Crippen molar-refractivity contribution in [2.24, 2.45) is 0 Å². The minimum Gasteiger partial charge on any atom is -0.484 e. The maximum atomic E-state index is 12.3. The quantitative estimate of drug-likeness (QED) is 0.931. The van der Waals surface area contributed by atoms with Crippen LogP contribution in [0.1, 0.15) is 17.5 Å². The molecule has 2 aromatic rings. The van der Waals surface area contributed by atoms with E-state index in [4.69, 9.17) is 4.74 Å². The van der Waals surface area contributed by atoms with Gasteiger partial charge in [0.05, 0.1) is 12.2 Å². The topological polar surface area (TPSA) is 71.5 Å². The molecule has 7 heteroatoms. The van der Waals surface area contributed by atoms with Crippen molar-refractivity contribution in [3.63, 3.8) is 0 Å². The van der Waals surface area contributed by atoms with Crippen LogP contribution in [0.4, 0.5) is 5.13 Å². The molecule has 2 amide bonds. The molecule has 23 heavy (non-hydrogen) atoms. The Kier molecular flexibility index (Phi) is 4.57. The smallest absolute Gasteiger partial charge is 0.260 e. The Bertz CT molecular complexity index is 715. The van der Waals surface area contributed by atoms with E-state index in [1.54, 1.807) is 4.90 Å². The zero-order valence-corrected chi connectivity index (χ0v) is 13.6. The first-order valence-electron chi connectivity index (χ1n) is 7.33. The summed E-state index contributed by atoms with van der Waals surface area (Å²) < 4.78 is 5.51. The van der Waals surface area contributed by atoms with E-state index >= 15 is 0 Å². The zero-order valence-electron chi connectivity index (χ0n) is 12.7. The molecule has 2 heterocycles. The standard InChI is InChI=1S/C16H17N3O3S/c1-11(20)17-16-18-13-7-8-19(9-14(13)23-16)15(21)10-22-12-5-3-2-4-6-12/h2-6H,7-10H2,1H3,(H,17,18,20). The van der Waals surface area contributed by atoms with Crippen molar-refractivity contribution < 1.29 is 14.3 Å². The first-order valence-corrected chi connectivity index (χ1v) is 8.15. The van der Waals surface area contributed by atoms with E-state index in [0.717, 1.165) is 10.6 Å². The summed E-state index contributed by atoms with van der Waals surface area (Å²) in [6, 6.07) is 9.29. The highest BCUT2D eigenvalue weighted by molar-refractivity contribution is 7.15. The van der Waals surface area contributed by atoms with Crippen LogP contribution in [-0.2, 0) is 22.6 Å². The molecule has 1 aromatic carbocycles. The summed E-state index contributed by atoms with van der Waals surface area (Å²) in [6.45, 7) is 2.62. The molecular formula is C16H17N3O3S. The fourth-order valence-corrected chi connectivity index (χ4v) is 3.44. The summed E-state index contributed by atoms with van der Waals surface area (Å²) in [5.74, 6) is 0.499. The average molecular weight is 331 g/mol. The van der Waals surface area contributed by atoms with Crippen LogP contribution in [0.3, 0.4) is 0 Å². The molecule has 0 bridgehead atoms. The van der Waals surface area contributed by atoms with Crippen molar-refractivity contribution in [3.05, 3.63) is 40.9 Å². The van der Waals surface area contributed by atoms with Crippen molar-refractivity contribution in [1.29, 1.82) is 0 Å². The molecule has 1 aliphatic rings. The molecule has 0 saturated carbocycles. The van der Waals surface area contributed by atoms with Crippen LogP contribution in [0.15, 0.2) is 30.3 Å². The van der Waals surface area contributed by atoms with E-state index in [2.05, 4.69) is 10.3 Å². The minimum absolute atomic E-state index is 0.0245. The van der Waals surface area contributed by atoms with Gasteiger partial charge in [0, 0.05) is 24.8 Å². The Labute approximate surface area is 138 Å². The highest BCUT2D eigenvalue weighted by atomic mass is 32.1. The maximum Gasteiger partial charge on any atom is 0.260 e. The van der Waals surface area contributed by atoms with Crippen LogP contribution in [0.2, 0.25) is 0 Å². The summed E-state index contributed by atoms with van der Waals surface area (Å²) in [7, 11) is 0. The molecular weight excluding hydrogens is 314 g/mol. The van der Waals surface area contributed by atoms with Crippen LogP contribution in [0.25, 0.3) is 0 Å². The fraction of sp³-hybridized carbons (Fsp3) is 0.312. The number of amides is 2. The second kappa shape index (κ2) is 6.78. The van der Waals surface area contributed by atoms with E-state index in [0.29, 0.717) is 30.4 Å². The fourth-order valence-electron chi connectivity index (χ4n) is 2.37. The van der Waals surface area contributed by atoms with Crippen LogP contribution < -0.4 is 10.1 Å². The van der Waals surface area contributed by atoms with E-state index in [1.165, 1.54) is 18.3 Å². The average Bonchev–Trinajstić information content (AvgIpc) is 2.94. The number of benzene rings is 1. The summed E-state index contributed by atoms with van der Waals surface area (Å²) in [4.78, 5) is 30.6. The number of aromatic nitrogens is 1. The normalized spacial score (nSPS) is 13.3. The number of nitrogens with one attached hydrogen (secondary N) is 1. The van der Waals surface area contributed by atoms with Gasteiger partial charge < -0.3 is 15.0 Å². The number of rotatable bonds is 4. The molecule has 0 saturated heterocycles. The Hall–Kier alpha value is -2.41. The summed E-state index contributed by atoms with van der Waals surface area (Å²) in [5.41, 5.74) is 0.965. The number of para-hydroxylation sites is 1. The Morgan fingerprint density at radius 1 is 1.35 bits per heavy atom. The lowest BCUT2D eigenvalue weighted by molar-refractivity contribution is -0.134. The molecule has 0 radical (unpaired) electrons. The van der Waals surface area contributed by atoms with Gasteiger partial charge in [-0.1, -0.05) is 29.5 Å². The van der Waals surface area contributed by atoms with Crippen molar-refractivity contribution in [1.82, 2.24) is 9.88 Å². The van der Waals surface area contributed by atoms with E-state index in [1.807, 2.05) is 30.3 Å². The lowest BCUT2D eigenvalue weighted by atomic mass is 10.2. The lowest BCUT2D eigenvalue weighted by Gasteiger charge is -2.26. The third-order valence-corrected chi connectivity index (χ3v) is 4.47. The van der Waals surface area contributed by atoms with E-state index in [-0.39, 0.29) is 18.4 Å². The van der Waals surface area contributed by atoms with Gasteiger partial charge >= 0.3 is 0 Å². The number of nitrogens with zero attached hydrogens (tertiary/aromatic N) is 2. The summed E-state index contributed by atoms with van der Waals surface area (Å²) in [6.07, 6.45) is 0.697. The van der Waals surface area contributed by atoms with Crippen LogP contribution in [0.5, 0.6) is 5.75 Å². The maximum absolute atomic E-state index is 12.3. The number of carbonyl (C=O) groups excluding carboxylic acids is 2. The largest absolute Gasteiger partial charge is 0.484 e. The molecule has 1 aromatic heterocycles. The molecule has 0 unspecified atom stereocenters. The Morgan fingerprint density at radius 2 is 2.13 bits per heavy atom. The number of thiazole rings is 1. The number of anilines is 1. The third-order valence-electron chi connectivity index (χ3n) is 3.47. The SMILES string of the molecule is CC(=O)Nc1nc2c(s1)CN(C(=O)COc1ccccc1)CC2. The summed E-state index contributed by atoms with van der Waals surface area (Å²) >= 11 is 1.42. The number of ether oxygens (including phenoxy) is 1. The molecule has 0 spiro atoms. The third kappa shape index (κ3) is 3.87. The van der Waals surface area contributed by atoms with Gasteiger partial charge in [-0.3, -0.25) is 9.59 Å². The van der Waals surface area contributed by atoms with Gasteiger partial charge in [0.2, 0.25) is 5.91 Å². The van der Waals surface area contributed by atoms with Crippen LogP contribution >= 0.6 is 11.3 Å². The molecule has 6 nitrogen and oxygen atoms in total. The molecule has 0 fully saturated rings. The van der Waals surface area contributed by atoms with E-state index in [9.17, 15) is 9.59 Å². The second-order valence-electron chi connectivity index (χ2n) is 5.24. The molecule has 0 atom stereocenters. The minimum atomic E-state index is -0.139. The van der Waals surface area contributed by atoms with Gasteiger partial charge in [-0.15, -0.1) is 0 Å². The highest BCUT2D eigenvalue weighted by Crippen LogP contribution is 2.28. The van der Waals surface area contributed by atoms with Crippen LogP contribution in [-0.4, -0.2) is 34.8 Å². The first kappa shape index (κ1) is 15.5. The van der Waals surface area contributed by atoms with E-state index < -0.39 is 0 Å². The zero-order chi connectivity index (χ0) is 16.2. The number of hydrogen-bond donors (Lipinski definition) is 1. The van der Waals surface area contributed by atoms with Gasteiger partial charge in [0.1, 0.15) is 5.75 Å². The molecule has 0 aliphatic carbocycles. The Balaban J connectivity index is 1.59. The molecule has 120 valence electrons. The second-order valence-corrected chi connectivity index (χ2v) is 6.32.